The molecule has 0 aromatic heterocycles. The van der Waals surface area contributed by atoms with Crippen molar-refractivity contribution >= 4 is 46.3 Å². The van der Waals surface area contributed by atoms with E-state index in [1.807, 2.05) is 6.07 Å². The fourth-order valence-corrected chi connectivity index (χ4v) is 1.52. The van der Waals surface area contributed by atoms with Crippen molar-refractivity contribution in [2.45, 2.75) is 10.7 Å². The summed E-state index contributed by atoms with van der Waals surface area (Å²) in [5, 5.41) is 0. The van der Waals surface area contributed by atoms with E-state index < -0.39 is 9.76 Å². The van der Waals surface area contributed by atoms with E-state index in [1.54, 1.807) is 24.3 Å². The van der Waals surface area contributed by atoms with Crippen molar-refractivity contribution in [3.8, 4) is 0 Å². The first-order valence-electron chi connectivity index (χ1n) is 4.41. The Kier molecular flexibility index (Phi) is 4.66. The summed E-state index contributed by atoms with van der Waals surface area (Å²) < 4.78 is 3.09. The number of carbonyl (C=O) groups is 1. The molecule has 0 saturated heterocycles. The van der Waals surface area contributed by atoms with Crippen LogP contribution in [0.25, 0.3) is 5.57 Å². The molecule has 5 heteroatoms. The van der Waals surface area contributed by atoms with Crippen molar-refractivity contribution in [2.75, 3.05) is 0 Å². The Labute approximate surface area is 109 Å². The van der Waals surface area contributed by atoms with Gasteiger partial charge >= 0.3 is 5.97 Å². The summed E-state index contributed by atoms with van der Waals surface area (Å²) in [5.41, 5.74) is 0.997. The Morgan fingerprint density at radius 1 is 1.25 bits per heavy atom. The summed E-state index contributed by atoms with van der Waals surface area (Å²) in [7, 11) is 0. The van der Waals surface area contributed by atoms with Gasteiger partial charge in [0.2, 0.25) is 3.79 Å². The molecule has 0 aliphatic heterocycles. The molecule has 1 aromatic rings. The molecule has 0 bridgehead atoms. The van der Waals surface area contributed by atoms with Crippen LogP contribution < -0.4 is 0 Å². The summed E-state index contributed by atoms with van der Waals surface area (Å²) in [4.78, 5) is 10.7. The zero-order valence-electron chi connectivity index (χ0n) is 8.41. The Hall–Kier alpha value is -0.700. The summed E-state index contributed by atoms with van der Waals surface area (Å²) in [6.45, 7) is 1.28. The number of hydrogen-bond donors (Lipinski definition) is 0. The Morgan fingerprint density at radius 2 is 1.81 bits per heavy atom. The highest BCUT2D eigenvalue weighted by atomic mass is 35.6. The summed E-state index contributed by atoms with van der Waals surface area (Å²) in [5.74, 6) is -0.470. The van der Waals surface area contributed by atoms with Gasteiger partial charge < -0.3 is 4.74 Å². The first-order chi connectivity index (χ1) is 7.41. The van der Waals surface area contributed by atoms with Crippen molar-refractivity contribution in [1.29, 1.82) is 0 Å². The highest BCUT2D eigenvalue weighted by Crippen LogP contribution is 2.40. The lowest BCUT2D eigenvalue weighted by Gasteiger charge is -2.15. The normalized spacial score (nSPS) is 12.4. The Balaban J connectivity index is 3.07. The third-order valence-electron chi connectivity index (χ3n) is 1.73. The zero-order valence-corrected chi connectivity index (χ0v) is 10.7. The van der Waals surface area contributed by atoms with Crippen molar-refractivity contribution < 1.29 is 9.53 Å². The van der Waals surface area contributed by atoms with Crippen LogP contribution in [0.5, 0.6) is 0 Å². The zero-order chi connectivity index (χ0) is 12.2. The largest absolute Gasteiger partial charge is 0.434 e. The molecule has 0 spiro atoms. The highest BCUT2D eigenvalue weighted by molar-refractivity contribution is 6.72. The van der Waals surface area contributed by atoms with Crippen LogP contribution in [0.1, 0.15) is 12.5 Å². The molecule has 0 aliphatic carbocycles. The third-order valence-corrected chi connectivity index (χ3v) is 2.34. The predicted molar refractivity (Wildman–Crippen MR) is 66.5 cm³/mol. The third kappa shape index (κ3) is 4.05. The van der Waals surface area contributed by atoms with E-state index in [2.05, 4.69) is 0 Å². The quantitative estimate of drug-likeness (QED) is 0.465. The molecule has 1 aromatic carbocycles. The van der Waals surface area contributed by atoms with E-state index in [0.29, 0.717) is 11.1 Å². The van der Waals surface area contributed by atoms with E-state index in [4.69, 9.17) is 39.5 Å². The lowest BCUT2D eigenvalue weighted by Crippen LogP contribution is -2.07. The standard InChI is InChI=1S/C11H9Cl3O2/c1-8(15)16-7-10(11(12,13)14)9-5-3-2-4-6-9/h2-7H,1H3. The number of rotatable bonds is 2. The molecule has 0 heterocycles. The average Bonchev–Trinajstić information content (AvgIpc) is 2.17. The van der Waals surface area contributed by atoms with Crippen LogP contribution in [0, 0.1) is 0 Å². The van der Waals surface area contributed by atoms with Crippen LogP contribution in [0.15, 0.2) is 36.6 Å². The van der Waals surface area contributed by atoms with Crippen molar-refractivity contribution in [1.82, 2.24) is 0 Å². The van der Waals surface area contributed by atoms with Crippen LogP contribution in [0.4, 0.5) is 0 Å². The highest BCUT2D eigenvalue weighted by Gasteiger charge is 2.28. The van der Waals surface area contributed by atoms with E-state index in [9.17, 15) is 4.79 Å². The second-order valence-corrected chi connectivity index (χ2v) is 5.29. The molecule has 0 fully saturated rings. The van der Waals surface area contributed by atoms with Gasteiger partial charge in [0.15, 0.2) is 0 Å². The fourth-order valence-electron chi connectivity index (χ4n) is 1.06. The molecule has 16 heavy (non-hydrogen) atoms. The van der Waals surface area contributed by atoms with E-state index in [1.165, 1.54) is 6.92 Å². The van der Waals surface area contributed by atoms with Crippen molar-refractivity contribution in [2.24, 2.45) is 0 Å². The number of carbonyl (C=O) groups excluding carboxylic acids is 1. The van der Waals surface area contributed by atoms with Gasteiger partial charge in [-0.25, -0.2) is 0 Å². The average molecular weight is 280 g/mol. The number of hydrogen-bond acceptors (Lipinski definition) is 2. The van der Waals surface area contributed by atoms with Gasteiger partial charge in [-0.05, 0) is 5.56 Å². The molecule has 0 radical (unpaired) electrons. The van der Waals surface area contributed by atoms with Gasteiger partial charge in [-0.3, -0.25) is 4.79 Å². The number of allylic oxidation sites excluding steroid dienone is 1. The molecule has 2 nitrogen and oxygen atoms in total. The molecular formula is C11H9Cl3O2. The molecule has 86 valence electrons. The Morgan fingerprint density at radius 3 is 2.25 bits per heavy atom. The van der Waals surface area contributed by atoms with E-state index >= 15 is 0 Å². The number of halogens is 3. The second kappa shape index (κ2) is 5.58. The van der Waals surface area contributed by atoms with Crippen molar-refractivity contribution in [3.63, 3.8) is 0 Å². The summed E-state index contributed by atoms with van der Waals surface area (Å²) in [6.07, 6.45) is 1.16. The smallest absolute Gasteiger partial charge is 0.307 e. The van der Waals surface area contributed by atoms with Gasteiger partial charge in [0.1, 0.15) is 6.26 Å². The topological polar surface area (TPSA) is 26.3 Å². The maximum Gasteiger partial charge on any atom is 0.307 e. The minimum atomic E-state index is -1.64. The molecule has 0 aliphatic rings. The number of ether oxygens (including phenoxy) is 1. The van der Waals surface area contributed by atoms with Gasteiger partial charge in [0.05, 0.1) is 0 Å². The molecule has 0 N–H and O–H groups in total. The first kappa shape index (κ1) is 13.4. The molecule has 1 rings (SSSR count). The number of esters is 1. The summed E-state index contributed by atoms with van der Waals surface area (Å²) in [6, 6.07) is 8.96. The minimum Gasteiger partial charge on any atom is -0.434 e. The van der Waals surface area contributed by atoms with Crippen LogP contribution >= 0.6 is 34.8 Å². The van der Waals surface area contributed by atoms with Gasteiger partial charge in [0, 0.05) is 12.5 Å². The maximum absolute atomic E-state index is 10.7. The van der Waals surface area contributed by atoms with Gasteiger partial charge in [-0.1, -0.05) is 65.1 Å². The lowest BCUT2D eigenvalue weighted by molar-refractivity contribution is -0.135. The molecule has 0 saturated carbocycles. The monoisotopic (exact) mass is 278 g/mol. The van der Waals surface area contributed by atoms with Crippen LogP contribution in [0.2, 0.25) is 0 Å². The lowest BCUT2D eigenvalue weighted by atomic mass is 10.1. The number of benzene rings is 1. The van der Waals surface area contributed by atoms with Crippen LogP contribution in [-0.4, -0.2) is 9.76 Å². The molecule has 0 amide bonds. The molecular weight excluding hydrogens is 270 g/mol. The van der Waals surface area contributed by atoms with E-state index in [0.717, 1.165) is 6.26 Å². The van der Waals surface area contributed by atoms with E-state index in [-0.39, 0.29) is 0 Å². The fraction of sp³-hybridized carbons (Fsp3) is 0.182. The Bertz CT molecular complexity index is 393. The predicted octanol–water partition coefficient (Wildman–Crippen LogP) is 3.96. The summed E-state index contributed by atoms with van der Waals surface area (Å²) >= 11 is 17.4. The van der Waals surface area contributed by atoms with Crippen molar-refractivity contribution in [3.05, 3.63) is 42.2 Å². The minimum absolute atomic E-state index is 0.313. The van der Waals surface area contributed by atoms with Gasteiger partial charge in [-0.15, -0.1) is 0 Å². The second-order valence-electron chi connectivity index (χ2n) is 3.00. The van der Waals surface area contributed by atoms with Crippen LogP contribution in [-0.2, 0) is 9.53 Å². The van der Waals surface area contributed by atoms with Crippen LogP contribution in [0.3, 0.4) is 0 Å². The molecule has 0 unspecified atom stereocenters. The SMILES string of the molecule is CC(=O)OC=C(c1ccccc1)C(Cl)(Cl)Cl. The van der Waals surface area contributed by atoms with Gasteiger partial charge in [0.25, 0.3) is 0 Å². The molecule has 0 atom stereocenters. The maximum atomic E-state index is 10.7. The number of alkyl halides is 3. The first-order valence-corrected chi connectivity index (χ1v) is 5.54. The van der Waals surface area contributed by atoms with Gasteiger partial charge in [-0.2, -0.15) is 0 Å².